The van der Waals surface area contributed by atoms with E-state index in [1.165, 1.54) is 18.4 Å². The van der Waals surface area contributed by atoms with Gasteiger partial charge in [-0.1, -0.05) is 17.7 Å². The summed E-state index contributed by atoms with van der Waals surface area (Å²) in [5.74, 6) is 0.203. The Morgan fingerprint density at radius 2 is 2.00 bits per heavy atom. The van der Waals surface area contributed by atoms with Crippen molar-refractivity contribution in [2.24, 2.45) is 0 Å². The fourth-order valence-electron chi connectivity index (χ4n) is 2.03. The lowest BCUT2D eigenvalue weighted by molar-refractivity contribution is -0.118. The van der Waals surface area contributed by atoms with Crippen LogP contribution in [0.1, 0.15) is 31.7 Å². The number of amides is 1. The molecule has 1 amide bonds. The topological polar surface area (TPSA) is 32.3 Å². The van der Waals surface area contributed by atoms with Crippen LogP contribution in [0, 0.1) is 6.92 Å². The normalized spacial score (nSPS) is 14.6. The van der Waals surface area contributed by atoms with Gasteiger partial charge in [-0.3, -0.25) is 4.79 Å². The lowest BCUT2D eigenvalue weighted by Crippen LogP contribution is -2.33. The molecule has 1 aromatic carbocycles. The first kappa shape index (κ1) is 13.1. The summed E-state index contributed by atoms with van der Waals surface area (Å²) < 4.78 is 0. The number of aryl methyl sites for hydroxylation is 1. The number of nitrogens with one attached hydrogen (secondary N) is 1. The van der Waals surface area contributed by atoms with Gasteiger partial charge in [0.05, 0.1) is 0 Å². The zero-order valence-corrected chi connectivity index (χ0v) is 11.3. The number of hydrogen-bond acceptors (Lipinski definition) is 2. The SMILES string of the molecule is CCN(C(=O)CCNC1CC1)c1ccc(C)cc1. The van der Waals surface area contributed by atoms with Gasteiger partial charge < -0.3 is 10.2 Å². The molecule has 0 heterocycles. The van der Waals surface area contributed by atoms with Crippen LogP contribution in [0.2, 0.25) is 0 Å². The highest BCUT2D eigenvalue weighted by atomic mass is 16.2. The van der Waals surface area contributed by atoms with Crippen molar-refractivity contribution < 1.29 is 4.79 Å². The monoisotopic (exact) mass is 246 g/mol. The summed E-state index contributed by atoms with van der Waals surface area (Å²) in [5.41, 5.74) is 2.22. The largest absolute Gasteiger partial charge is 0.313 e. The molecule has 2 rings (SSSR count). The van der Waals surface area contributed by atoms with Crippen molar-refractivity contribution in [3.8, 4) is 0 Å². The minimum absolute atomic E-state index is 0.203. The van der Waals surface area contributed by atoms with Gasteiger partial charge in [0.15, 0.2) is 0 Å². The predicted octanol–water partition coefficient (Wildman–Crippen LogP) is 2.49. The molecule has 0 aliphatic heterocycles. The van der Waals surface area contributed by atoms with Crippen molar-refractivity contribution >= 4 is 11.6 Å². The second-order valence-electron chi connectivity index (χ2n) is 4.95. The lowest BCUT2D eigenvalue weighted by Gasteiger charge is -2.21. The molecule has 0 spiro atoms. The Hall–Kier alpha value is -1.35. The van der Waals surface area contributed by atoms with Crippen molar-refractivity contribution in [1.82, 2.24) is 5.32 Å². The van der Waals surface area contributed by atoms with Gasteiger partial charge in [-0.25, -0.2) is 0 Å². The maximum absolute atomic E-state index is 12.1. The molecule has 98 valence electrons. The summed E-state index contributed by atoms with van der Waals surface area (Å²) in [4.78, 5) is 14.0. The third kappa shape index (κ3) is 3.57. The fraction of sp³-hybridized carbons (Fsp3) is 0.533. The molecule has 0 unspecified atom stereocenters. The Morgan fingerprint density at radius 1 is 1.33 bits per heavy atom. The minimum atomic E-state index is 0.203. The molecular weight excluding hydrogens is 224 g/mol. The zero-order valence-electron chi connectivity index (χ0n) is 11.3. The van der Waals surface area contributed by atoms with Crippen LogP contribution in [0.4, 0.5) is 5.69 Å². The first-order chi connectivity index (χ1) is 8.70. The first-order valence-electron chi connectivity index (χ1n) is 6.81. The van der Waals surface area contributed by atoms with Gasteiger partial charge in [0, 0.05) is 31.2 Å². The van der Waals surface area contributed by atoms with Gasteiger partial charge >= 0.3 is 0 Å². The number of anilines is 1. The van der Waals surface area contributed by atoms with Crippen molar-refractivity contribution in [2.45, 2.75) is 39.2 Å². The Labute approximate surface area is 109 Å². The van der Waals surface area contributed by atoms with Crippen molar-refractivity contribution in [1.29, 1.82) is 0 Å². The van der Waals surface area contributed by atoms with E-state index in [0.717, 1.165) is 18.8 Å². The van der Waals surface area contributed by atoms with Crippen molar-refractivity contribution in [3.63, 3.8) is 0 Å². The van der Waals surface area contributed by atoms with E-state index in [4.69, 9.17) is 0 Å². The van der Waals surface area contributed by atoms with Crippen LogP contribution < -0.4 is 10.2 Å². The molecule has 1 fully saturated rings. The second-order valence-corrected chi connectivity index (χ2v) is 4.95. The molecule has 1 aliphatic carbocycles. The van der Waals surface area contributed by atoms with Crippen LogP contribution >= 0.6 is 0 Å². The third-order valence-electron chi connectivity index (χ3n) is 3.31. The number of rotatable bonds is 6. The van der Waals surface area contributed by atoms with E-state index in [-0.39, 0.29) is 5.91 Å². The Bertz CT molecular complexity index is 395. The van der Waals surface area contributed by atoms with E-state index in [2.05, 4.69) is 12.2 Å². The van der Waals surface area contributed by atoms with Gasteiger partial charge in [0.25, 0.3) is 0 Å². The predicted molar refractivity (Wildman–Crippen MR) is 74.8 cm³/mol. The molecular formula is C15H22N2O. The Kier molecular flexibility index (Phi) is 4.37. The number of carbonyl (C=O) groups is 1. The summed E-state index contributed by atoms with van der Waals surface area (Å²) in [6.07, 6.45) is 3.12. The molecule has 3 heteroatoms. The smallest absolute Gasteiger partial charge is 0.228 e. The lowest BCUT2D eigenvalue weighted by atomic mass is 10.2. The van der Waals surface area contributed by atoms with Crippen LogP contribution in [0.25, 0.3) is 0 Å². The van der Waals surface area contributed by atoms with E-state index in [1.807, 2.05) is 36.1 Å². The first-order valence-corrected chi connectivity index (χ1v) is 6.81. The van der Waals surface area contributed by atoms with E-state index in [9.17, 15) is 4.79 Å². The minimum Gasteiger partial charge on any atom is -0.313 e. The van der Waals surface area contributed by atoms with Gasteiger partial charge in [0.2, 0.25) is 5.91 Å². The molecule has 1 aromatic rings. The maximum atomic E-state index is 12.1. The Balaban J connectivity index is 1.89. The van der Waals surface area contributed by atoms with Crippen LogP contribution in [0.5, 0.6) is 0 Å². The summed E-state index contributed by atoms with van der Waals surface area (Å²) in [6.45, 7) is 5.60. The van der Waals surface area contributed by atoms with E-state index in [0.29, 0.717) is 12.5 Å². The van der Waals surface area contributed by atoms with Gasteiger partial charge in [-0.2, -0.15) is 0 Å². The summed E-state index contributed by atoms with van der Waals surface area (Å²) in [6, 6.07) is 8.81. The summed E-state index contributed by atoms with van der Waals surface area (Å²) >= 11 is 0. The maximum Gasteiger partial charge on any atom is 0.228 e. The van der Waals surface area contributed by atoms with Crippen LogP contribution in [-0.2, 0) is 4.79 Å². The number of hydrogen-bond donors (Lipinski definition) is 1. The molecule has 0 atom stereocenters. The summed E-state index contributed by atoms with van der Waals surface area (Å²) in [7, 11) is 0. The van der Waals surface area contributed by atoms with Crippen molar-refractivity contribution in [3.05, 3.63) is 29.8 Å². The molecule has 1 N–H and O–H groups in total. The molecule has 0 bridgehead atoms. The van der Waals surface area contributed by atoms with Crippen molar-refractivity contribution in [2.75, 3.05) is 18.0 Å². The van der Waals surface area contributed by atoms with Crippen LogP contribution in [-0.4, -0.2) is 25.0 Å². The molecule has 3 nitrogen and oxygen atoms in total. The van der Waals surface area contributed by atoms with Gasteiger partial charge in [-0.05, 0) is 38.8 Å². The highest BCUT2D eigenvalue weighted by Crippen LogP contribution is 2.19. The standard InChI is InChI=1S/C15H22N2O/c1-3-17(14-8-4-12(2)5-9-14)15(18)10-11-16-13-6-7-13/h4-5,8-9,13,16H,3,6-7,10-11H2,1-2H3. The fourth-order valence-corrected chi connectivity index (χ4v) is 2.03. The average Bonchev–Trinajstić information content (AvgIpc) is 3.16. The van der Waals surface area contributed by atoms with E-state index < -0.39 is 0 Å². The van der Waals surface area contributed by atoms with E-state index >= 15 is 0 Å². The second kappa shape index (κ2) is 6.01. The molecule has 0 saturated heterocycles. The molecule has 0 aromatic heterocycles. The molecule has 1 aliphatic rings. The average molecular weight is 246 g/mol. The number of carbonyl (C=O) groups excluding carboxylic acids is 1. The highest BCUT2D eigenvalue weighted by Gasteiger charge is 2.21. The third-order valence-corrected chi connectivity index (χ3v) is 3.31. The van der Waals surface area contributed by atoms with Gasteiger partial charge in [0.1, 0.15) is 0 Å². The van der Waals surface area contributed by atoms with E-state index in [1.54, 1.807) is 0 Å². The Morgan fingerprint density at radius 3 is 2.56 bits per heavy atom. The number of benzene rings is 1. The van der Waals surface area contributed by atoms with Gasteiger partial charge in [-0.15, -0.1) is 0 Å². The molecule has 18 heavy (non-hydrogen) atoms. The molecule has 1 saturated carbocycles. The van der Waals surface area contributed by atoms with Crippen LogP contribution in [0.15, 0.2) is 24.3 Å². The van der Waals surface area contributed by atoms with Crippen LogP contribution in [0.3, 0.4) is 0 Å². The quantitative estimate of drug-likeness (QED) is 0.836. The molecule has 0 radical (unpaired) electrons. The summed E-state index contributed by atoms with van der Waals surface area (Å²) in [5, 5.41) is 3.38. The highest BCUT2D eigenvalue weighted by molar-refractivity contribution is 5.93. The number of nitrogens with zero attached hydrogens (tertiary/aromatic N) is 1. The zero-order chi connectivity index (χ0) is 13.0.